The number of urea groups is 1. The number of benzene rings is 2. The molecule has 1 N–H and O–H groups in total. The van der Waals surface area contributed by atoms with Crippen molar-refractivity contribution in [3.05, 3.63) is 82.6 Å². The van der Waals surface area contributed by atoms with Crippen molar-refractivity contribution in [2.45, 2.75) is 16.9 Å². The van der Waals surface area contributed by atoms with Gasteiger partial charge in [0, 0.05) is 9.92 Å². The molecule has 2 heterocycles. The first-order chi connectivity index (χ1) is 14.4. The Morgan fingerprint density at radius 1 is 1.03 bits per heavy atom. The number of furan rings is 1. The molecule has 1 fully saturated rings. The van der Waals surface area contributed by atoms with E-state index in [1.807, 2.05) is 31.2 Å². The summed E-state index contributed by atoms with van der Waals surface area (Å²) in [6.07, 6.45) is 1.32. The molecular formula is C22H15ClN2O4S. The topological polar surface area (TPSA) is 79.6 Å². The maximum atomic E-state index is 12.9. The molecule has 1 saturated heterocycles. The molecular weight excluding hydrogens is 424 g/mol. The lowest BCUT2D eigenvalue weighted by Crippen LogP contribution is -2.54. The summed E-state index contributed by atoms with van der Waals surface area (Å²) in [7, 11) is 0. The largest absolute Gasteiger partial charge is 0.450 e. The van der Waals surface area contributed by atoms with Gasteiger partial charge in [0.15, 0.2) is 5.09 Å². The van der Waals surface area contributed by atoms with Crippen LogP contribution in [-0.4, -0.2) is 17.8 Å². The summed E-state index contributed by atoms with van der Waals surface area (Å²) in [5, 5.41) is 3.14. The van der Waals surface area contributed by atoms with E-state index in [-0.39, 0.29) is 11.3 Å². The van der Waals surface area contributed by atoms with E-state index in [1.165, 1.54) is 23.9 Å². The van der Waals surface area contributed by atoms with Gasteiger partial charge >= 0.3 is 6.03 Å². The molecule has 150 valence electrons. The van der Waals surface area contributed by atoms with Crippen LogP contribution in [0.2, 0.25) is 5.02 Å². The van der Waals surface area contributed by atoms with Crippen molar-refractivity contribution in [3.63, 3.8) is 0 Å². The molecule has 1 aromatic heterocycles. The Morgan fingerprint density at radius 2 is 1.80 bits per heavy atom. The number of barbiturate groups is 1. The third-order valence-electron chi connectivity index (χ3n) is 4.30. The lowest BCUT2D eigenvalue weighted by molar-refractivity contribution is -0.122. The molecule has 30 heavy (non-hydrogen) atoms. The fraction of sp³-hybridized carbons (Fsp3) is 0.0455. The van der Waals surface area contributed by atoms with Gasteiger partial charge in [-0.1, -0.05) is 47.1 Å². The van der Waals surface area contributed by atoms with Crippen molar-refractivity contribution in [1.82, 2.24) is 5.32 Å². The zero-order valence-corrected chi connectivity index (χ0v) is 17.3. The number of amides is 4. The zero-order chi connectivity index (χ0) is 21.3. The van der Waals surface area contributed by atoms with Gasteiger partial charge in [0.05, 0.1) is 5.69 Å². The van der Waals surface area contributed by atoms with Gasteiger partial charge in [-0.05, 0) is 55.5 Å². The van der Waals surface area contributed by atoms with E-state index < -0.39 is 17.8 Å². The van der Waals surface area contributed by atoms with E-state index in [1.54, 1.807) is 30.3 Å². The number of hydrogen-bond acceptors (Lipinski definition) is 5. The number of hydrogen-bond donors (Lipinski definition) is 1. The highest BCUT2D eigenvalue weighted by molar-refractivity contribution is 7.99. The van der Waals surface area contributed by atoms with Crippen LogP contribution in [0.1, 0.15) is 11.3 Å². The minimum atomic E-state index is -0.834. The summed E-state index contributed by atoms with van der Waals surface area (Å²) < 4.78 is 5.73. The van der Waals surface area contributed by atoms with Crippen LogP contribution in [0.4, 0.5) is 10.5 Å². The first-order valence-corrected chi connectivity index (χ1v) is 10.1. The molecule has 0 unspecified atom stereocenters. The number of carbonyl (C=O) groups excluding carboxylic acids is 3. The average Bonchev–Trinajstić information content (AvgIpc) is 3.14. The van der Waals surface area contributed by atoms with Gasteiger partial charge in [0.25, 0.3) is 11.8 Å². The Bertz CT molecular complexity index is 1180. The monoisotopic (exact) mass is 438 g/mol. The molecule has 2 aromatic carbocycles. The van der Waals surface area contributed by atoms with Gasteiger partial charge < -0.3 is 4.42 Å². The Morgan fingerprint density at radius 3 is 2.53 bits per heavy atom. The second-order valence-electron chi connectivity index (χ2n) is 6.51. The van der Waals surface area contributed by atoms with Gasteiger partial charge in [-0.15, -0.1) is 0 Å². The Kier molecular flexibility index (Phi) is 5.48. The standard InChI is InChI=1S/C22H15ClN2O4S/c1-13-5-8-17(9-6-13)30-19-10-7-16(29-19)12-18-20(26)24-22(28)25(21(18)27)15-4-2-3-14(23)11-15/h2-12H,1H3,(H,24,26,28)/b18-12+. The van der Waals surface area contributed by atoms with Crippen molar-refractivity contribution in [2.75, 3.05) is 4.90 Å². The van der Waals surface area contributed by atoms with Crippen LogP contribution in [0.25, 0.3) is 6.08 Å². The van der Waals surface area contributed by atoms with Crippen molar-refractivity contribution >= 4 is 53.0 Å². The Hall–Kier alpha value is -3.29. The third-order valence-corrected chi connectivity index (χ3v) is 5.46. The summed E-state index contributed by atoms with van der Waals surface area (Å²) in [6.45, 7) is 2.01. The zero-order valence-electron chi connectivity index (χ0n) is 15.7. The Labute approximate surface area is 181 Å². The highest BCUT2D eigenvalue weighted by atomic mass is 35.5. The SMILES string of the molecule is Cc1ccc(Sc2ccc(/C=C3\C(=O)NC(=O)N(c4cccc(Cl)c4)C3=O)o2)cc1. The number of anilines is 1. The molecule has 4 amide bonds. The molecule has 0 atom stereocenters. The number of nitrogens with one attached hydrogen (secondary N) is 1. The van der Waals surface area contributed by atoms with Crippen LogP contribution >= 0.6 is 23.4 Å². The summed E-state index contributed by atoms with van der Waals surface area (Å²) in [5.74, 6) is -1.22. The van der Waals surface area contributed by atoms with E-state index in [0.29, 0.717) is 15.9 Å². The summed E-state index contributed by atoms with van der Waals surface area (Å²) in [4.78, 5) is 39.2. The van der Waals surface area contributed by atoms with Crippen molar-refractivity contribution < 1.29 is 18.8 Å². The predicted octanol–water partition coefficient (Wildman–Crippen LogP) is 5.06. The minimum absolute atomic E-state index is 0.212. The first-order valence-electron chi connectivity index (χ1n) is 8.92. The number of rotatable bonds is 4. The molecule has 0 radical (unpaired) electrons. The molecule has 0 bridgehead atoms. The molecule has 1 aliphatic rings. The van der Waals surface area contributed by atoms with E-state index in [0.717, 1.165) is 15.4 Å². The molecule has 0 spiro atoms. The average molecular weight is 439 g/mol. The van der Waals surface area contributed by atoms with Gasteiger partial charge in [0.2, 0.25) is 0 Å². The van der Waals surface area contributed by atoms with Crippen LogP contribution in [0.15, 0.2) is 80.6 Å². The van der Waals surface area contributed by atoms with Crippen LogP contribution < -0.4 is 10.2 Å². The number of carbonyl (C=O) groups is 3. The molecule has 0 saturated carbocycles. The van der Waals surface area contributed by atoms with Gasteiger partial charge in [-0.25, -0.2) is 9.69 Å². The number of nitrogens with zero attached hydrogens (tertiary/aromatic N) is 1. The van der Waals surface area contributed by atoms with E-state index in [9.17, 15) is 14.4 Å². The smallest absolute Gasteiger partial charge is 0.335 e. The lowest BCUT2D eigenvalue weighted by Gasteiger charge is -2.26. The highest BCUT2D eigenvalue weighted by Gasteiger charge is 2.37. The summed E-state index contributed by atoms with van der Waals surface area (Å²) in [6, 6.07) is 16.8. The molecule has 8 heteroatoms. The molecule has 1 aliphatic heterocycles. The van der Waals surface area contributed by atoms with Gasteiger partial charge in [0.1, 0.15) is 11.3 Å². The molecule has 3 aromatic rings. The molecule has 0 aliphatic carbocycles. The highest BCUT2D eigenvalue weighted by Crippen LogP contribution is 2.31. The van der Waals surface area contributed by atoms with Crippen molar-refractivity contribution in [1.29, 1.82) is 0 Å². The summed E-state index contributed by atoms with van der Waals surface area (Å²) in [5.41, 5.74) is 1.21. The van der Waals surface area contributed by atoms with E-state index in [2.05, 4.69) is 5.32 Å². The third kappa shape index (κ3) is 4.17. The van der Waals surface area contributed by atoms with E-state index >= 15 is 0 Å². The normalized spacial score (nSPS) is 15.6. The van der Waals surface area contributed by atoms with Gasteiger partial charge in [-0.3, -0.25) is 14.9 Å². The number of imide groups is 2. The lowest BCUT2D eigenvalue weighted by atomic mass is 10.1. The maximum Gasteiger partial charge on any atom is 0.335 e. The number of aryl methyl sites for hydroxylation is 1. The minimum Gasteiger partial charge on any atom is -0.450 e. The van der Waals surface area contributed by atoms with Crippen LogP contribution in [0.5, 0.6) is 0 Å². The molecule has 4 rings (SSSR count). The molecule has 6 nitrogen and oxygen atoms in total. The maximum absolute atomic E-state index is 12.9. The van der Waals surface area contributed by atoms with Crippen molar-refractivity contribution in [3.8, 4) is 0 Å². The quantitative estimate of drug-likeness (QED) is 0.455. The Balaban J connectivity index is 1.60. The second kappa shape index (κ2) is 8.22. The fourth-order valence-corrected chi connectivity index (χ4v) is 3.80. The summed E-state index contributed by atoms with van der Waals surface area (Å²) >= 11 is 7.38. The first kappa shape index (κ1) is 20.0. The van der Waals surface area contributed by atoms with Crippen LogP contribution in [0, 0.1) is 6.92 Å². The van der Waals surface area contributed by atoms with Gasteiger partial charge in [-0.2, -0.15) is 0 Å². The second-order valence-corrected chi connectivity index (χ2v) is 8.02. The van der Waals surface area contributed by atoms with Crippen LogP contribution in [0.3, 0.4) is 0 Å². The predicted molar refractivity (Wildman–Crippen MR) is 114 cm³/mol. The van der Waals surface area contributed by atoms with Crippen LogP contribution in [-0.2, 0) is 9.59 Å². The van der Waals surface area contributed by atoms with E-state index in [4.69, 9.17) is 16.0 Å². The fourth-order valence-electron chi connectivity index (χ4n) is 2.84. The number of halogens is 1. The van der Waals surface area contributed by atoms with Crippen molar-refractivity contribution in [2.24, 2.45) is 0 Å².